The van der Waals surface area contributed by atoms with Crippen LogP contribution in [-0.4, -0.2) is 16.6 Å². The monoisotopic (exact) mass is 274 g/mol. The SMILES string of the molecule is N[C@@H](CCO)c1ccc(Br)cc1[N+](=O)[O-]. The Hall–Kier alpha value is -0.980. The first-order valence-corrected chi connectivity index (χ1v) is 5.16. The average Bonchev–Trinajstić information content (AvgIpc) is 2.17. The fraction of sp³-hybridized carbons (Fsp3) is 0.333. The predicted molar refractivity (Wildman–Crippen MR) is 59.4 cm³/mol. The quantitative estimate of drug-likeness (QED) is 0.647. The van der Waals surface area contributed by atoms with Gasteiger partial charge < -0.3 is 10.8 Å². The summed E-state index contributed by atoms with van der Waals surface area (Å²) in [5.41, 5.74) is 6.13. The molecule has 0 unspecified atom stereocenters. The van der Waals surface area contributed by atoms with Gasteiger partial charge in [0.25, 0.3) is 5.69 Å². The number of nitro benzene ring substituents is 1. The van der Waals surface area contributed by atoms with Gasteiger partial charge in [-0.3, -0.25) is 10.1 Å². The predicted octanol–water partition coefficient (Wildman–Crippen LogP) is 1.74. The minimum absolute atomic E-state index is 0.0228. The van der Waals surface area contributed by atoms with Crippen molar-refractivity contribution < 1.29 is 10.0 Å². The normalized spacial score (nSPS) is 12.5. The minimum atomic E-state index is -0.511. The highest BCUT2D eigenvalue weighted by Gasteiger charge is 2.19. The molecule has 1 rings (SSSR count). The Morgan fingerprint density at radius 3 is 2.80 bits per heavy atom. The van der Waals surface area contributed by atoms with Crippen LogP contribution in [0.2, 0.25) is 0 Å². The second kappa shape index (κ2) is 5.20. The molecule has 0 aliphatic carbocycles. The zero-order valence-corrected chi connectivity index (χ0v) is 9.48. The molecular formula is C9H11BrN2O3. The third-order valence-corrected chi connectivity index (χ3v) is 2.52. The third kappa shape index (κ3) is 2.98. The molecule has 6 heteroatoms. The largest absolute Gasteiger partial charge is 0.396 e. The molecule has 1 aromatic carbocycles. The molecule has 1 atom stereocenters. The summed E-state index contributed by atoms with van der Waals surface area (Å²) in [6, 6.07) is 4.19. The highest BCUT2D eigenvalue weighted by Crippen LogP contribution is 2.28. The minimum Gasteiger partial charge on any atom is -0.396 e. The molecule has 0 amide bonds. The zero-order chi connectivity index (χ0) is 11.4. The first kappa shape index (κ1) is 12.1. The van der Waals surface area contributed by atoms with E-state index in [4.69, 9.17) is 10.8 Å². The number of aliphatic hydroxyl groups excluding tert-OH is 1. The van der Waals surface area contributed by atoms with Crippen LogP contribution in [0.5, 0.6) is 0 Å². The first-order valence-electron chi connectivity index (χ1n) is 4.36. The van der Waals surface area contributed by atoms with Crippen LogP contribution in [0.3, 0.4) is 0 Å². The molecule has 0 aliphatic heterocycles. The lowest BCUT2D eigenvalue weighted by atomic mass is 10.0. The Kier molecular flexibility index (Phi) is 4.19. The van der Waals surface area contributed by atoms with Crippen LogP contribution < -0.4 is 5.73 Å². The third-order valence-electron chi connectivity index (χ3n) is 2.03. The van der Waals surface area contributed by atoms with Crippen LogP contribution in [0.4, 0.5) is 5.69 Å². The van der Waals surface area contributed by atoms with Crippen LogP contribution in [0.25, 0.3) is 0 Å². The van der Waals surface area contributed by atoms with Crippen molar-refractivity contribution in [2.75, 3.05) is 6.61 Å². The summed E-state index contributed by atoms with van der Waals surface area (Å²) in [5.74, 6) is 0. The maximum atomic E-state index is 10.7. The van der Waals surface area contributed by atoms with E-state index in [1.165, 1.54) is 6.07 Å². The zero-order valence-electron chi connectivity index (χ0n) is 7.89. The smallest absolute Gasteiger partial charge is 0.275 e. The summed E-state index contributed by atoms with van der Waals surface area (Å²) in [5, 5.41) is 19.5. The number of aliphatic hydroxyl groups is 1. The van der Waals surface area contributed by atoms with Gasteiger partial charge in [0.1, 0.15) is 0 Å². The van der Waals surface area contributed by atoms with E-state index in [1.807, 2.05) is 0 Å². The maximum Gasteiger partial charge on any atom is 0.275 e. The van der Waals surface area contributed by atoms with E-state index in [9.17, 15) is 10.1 Å². The van der Waals surface area contributed by atoms with Crippen molar-refractivity contribution >= 4 is 21.6 Å². The summed E-state index contributed by atoms with van der Waals surface area (Å²) in [6.07, 6.45) is 0.308. The van der Waals surface area contributed by atoms with E-state index in [0.29, 0.717) is 16.5 Å². The van der Waals surface area contributed by atoms with Gasteiger partial charge in [-0.2, -0.15) is 0 Å². The molecule has 3 N–H and O–H groups in total. The van der Waals surface area contributed by atoms with Gasteiger partial charge in [0, 0.05) is 28.8 Å². The van der Waals surface area contributed by atoms with Crippen molar-refractivity contribution in [3.8, 4) is 0 Å². The number of halogens is 1. The van der Waals surface area contributed by atoms with E-state index >= 15 is 0 Å². The van der Waals surface area contributed by atoms with Crippen molar-refractivity contribution in [3.05, 3.63) is 38.3 Å². The van der Waals surface area contributed by atoms with Crippen LogP contribution in [-0.2, 0) is 0 Å². The van der Waals surface area contributed by atoms with Crippen LogP contribution in [0.15, 0.2) is 22.7 Å². The summed E-state index contributed by atoms with van der Waals surface area (Å²) in [7, 11) is 0. The van der Waals surface area contributed by atoms with Gasteiger partial charge in [0.05, 0.1) is 4.92 Å². The van der Waals surface area contributed by atoms with Gasteiger partial charge in [-0.05, 0) is 18.6 Å². The molecule has 0 aromatic heterocycles. The molecule has 0 aliphatic rings. The number of rotatable bonds is 4. The van der Waals surface area contributed by atoms with Crippen molar-refractivity contribution in [2.24, 2.45) is 5.73 Å². The van der Waals surface area contributed by atoms with Gasteiger partial charge in [0.2, 0.25) is 0 Å². The van der Waals surface area contributed by atoms with Gasteiger partial charge in [-0.15, -0.1) is 0 Å². The Labute approximate surface area is 95.2 Å². The lowest BCUT2D eigenvalue weighted by Crippen LogP contribution is -2.13. The van der Waals surface area contributed by atoms with Crippen LogP contribution in [0.1, 0.15) is 18.0 Å². The van der Waals surface area contributed by atoms with Crippen LogP contribution in [0, 0.1) is 10.1 Å². The molecule has 0 saturated heterocycles. The standard InChI is InChI=1S/C9H11BrN2O3/c10-6-1-2-7(8(11)3-4-13)9(5-6)12(14)15/h1-2,5,8,13H,3-4,11H2/t8-/m0/s1. The Morgan fingerprint density at radius 1 is 1.60 bits per heavy atom. The molecule has 15 heavy (non-hydrogen) atoms. The highest BCUT2D eigenvalue weighted by molar-refractivity contribution is 9.10. The Balaban J connectivity index is 3.10. The molecule has 82 valence electrons. The average molecular weight is 275 g/mol. The Morgan fingerprint density at radius 2 is 2.27 bits per heavy atom. The maximum absolute atomic E-state index is 10.7. The number of nitrogens with two attached hydrogens (primary N) is 1. The van der Waals surface area contributed by atoms with Crippen LogP contribution >= 0.6 is 15.9 Å². The van der Waals surface area contributed by atoms with Crippen molar-refractivity contribution in [1.82, 2.24) is 0 Å². The van der Waals surface area contributed by atoms with E-state index in [1.54, 1.807) is 12.1 Å². The van der Waals surface area contributed by atoms with Crippen molar-refractivity contribution in [3.63, 3.8) is 0 Å². The molecule has 0 radical (unpaired) electrons. The number of nitro groups is 1. The molecule has 0 heterocycles. The molecule has 5 nitrogen and oxygen atoms in total. The lowest BCUT2D eigenvalue weighted by molar-refractivity contribution is -0.385. The number of hydrogen-bond donors (Lipinski definition) is 2. The topological polar surface area (TPSA) is 89.4 Å². The fourth-order valence-corrected chi connectivity index (χ4v) is 1.63. The molecule has 1 aromatic rings. The van der Waals surface area contributed by atoms with Gasteiger partial charge >= 0.3 is 0 Å². The van der Waals surface area contributed by atoms with Crippen molar-refractivity contribution in [1.29, 1.82) is 0 Å². The summed E-state index contributed by atoms with van der Waals surface area (Å²) in [4.78, 5) is 10.3. The van der Waals surface area contributed by atoms with Gasteiger partial charge in [0.15, 0.2) is 0 Å². The Bertz CT molecular complexity index is 370. The van der Waals surface area contributed by atoms with E-state index in [2.05, 4.69) is 15.9 Å². The molecule has 0 fully saturated rings. The van der Waals surface area contributed by atoms with E-state index < -0.39 is 11.0 Å². The first-order chi connectivity index (χ1) is 7.06. The van der Waals surface area contributed by atoms with Crippen molar-refractivity contribution in [2.45, 2.75) is 12.5 Å². The van der Waals surface area contributed by atoms with E-state index in [-0.39, 0.29) is 12.3 Å². The van der Waals surface area contributed by atoms with Gasteiger partial charge in [-0.25, -0.2) is 0 Å². The summed E-state index contributed by atoms with van der Waals surface area (Å²) < 4.78 is 0.633. The summed E-state index contributed by atoms with van der Waals surface area (Å²) >= 11 is 3.16. The molecular weight excluding hydrogens is 264 g/mol. The molecule has 0 bridgehead atoms. The molecule has 0 spiro atoms. The highest BCUT2D eigenvalue weighted by atomic mass is 79.9. The fourth-order valence-electron chi connectivity index (χ4n) is 1.28. The number of nitrogens with zero attached hydrogens (tertiary/aromatic N) is 1. The summed E-state index contributed by atoms with van der Waals surface area (Å²) in [6.45, 7) is -0.0889. The van der Waals surface area contributed by atoms with Gasteiger partial charge in [-0.1, -0.05) is 15.9 Å². The number of benzene rings is 1. The lowest BCUT2D eigenvalue weighted by Gasteiger charge is -2.10. The second-order valence-corrected chi connectivity index (χ2v) is 3.99. The molecule has 0 saturated carbocycles. The second-order valence-electron chi connectivity index (χ2n) is 3.08. The van der Waals surface area contributed by atoms with E-state index in [0.717, 1.165) is 0 Å². The number of hydrogen-bond acceptors (Lipinski definition) is 4.